The Kier molecular flexibility index (Phi) is 7.33. The lowest BCUT2D eigenvalue weighted by Gasteiger charge is -2.29. The molecular weight excluding hydrogens is 486 g/mol. The highest BCUT2D eigenvalue weighted by molar-refractivity contribution is 5.89. The molecule has 0 N–H and O–H groups in total. The summed E-state index contributed by atoms with van der Waals surface area (Å²) >= 11 is 0. The Morgan fingerprint density at radius 1 is 1.05 bits per heavy atom. The number of fused-ring (bicyclic) bond motifs is 3. The van der Waals surface area contributed by atoms with Gasteiger partial charge in [0.05, 0.1) is 30.2 Å². The fraction of sp³-hybridized carbons (Fsp3) is 0.267. The van der Waals surface area contributed by atoms with Crippen LogP contribution in [0.15, 0.2) is 69.9 Å². The molecule has 0 spiro atoms. The molecule has 38 heavy (non-hydrogen) atoms. The molecule has 0 aliphatic carbocycles. The first kappa shape index (κ1) is 25.4. The molecule has 0 bridgehead atoms. The molecule has 2 heterocycles. The summed E-state index contributed by atoms with van der Waals surface area (Å²) in [5.74, 6) is 2.03. The van der Waals surface area contributed by atoms with E-state index >= 15 is 0 Å². The second kappa shape index (κ2) is 11.0. The van der Waals surface area contributed by atoms with Crippen LogP contribution < -0.4 is 19.6 Å². The van der Waals surface area contributed by atoms with Gasteiger partial charge < -0.3 is 23.4 Å². The van der Waals surface area contributed by atoms with E-state index in [9.17, 15) is 9.59 Å². The first-order valence-electron chi connectivity index (χ1n) is 12.5. The molecule has 1 aromatic heterocycles. The normalized spacial score (nSPS) is 13.0. The van der Waals surface area contributed by atoms with E-state index in [-0.39, 0.29) is 11.2 Å². The molecule has 8 heteroatoms. The number of carbonyl (C=O) groups is 1. The van der Waals surface area contributed by atoms with Crippen molar-refractivity contribution >= 4 is 16.9 Å². The number of aryl methyl sites for hydroxylation is 1. The van der Waals surface area contributed by atoms with Crippen molar-refractivity contribution in [2.75, 3.05) is 27.0 Å². The minimum Gasteiger partial charge on any atom is -0.496 e. The topological polar surface area (TPSA) is 87.4 Å². The Balaban J connectivity index is 1.38. The van der Waals surface area contributed by atoms with Crippen LogP contribution >= 0.6 is 0 Å². The van der Waals surface area contributed by atoms with Gasteiger partial charge in [-0.05, 0) is 68.3 Å². The summed E-state index contributed by atoms with van der Waals surface area (Å²) < 4.78 is 28.6. The predicted molar refractivity (Wildman–Crippen MR) is 142 cm³/mol. The largest absolute Gasteiger partial charge is 0.496 e. The highest BCUT2D eigenvalue weighted by Crippen LogP contribution is 2.34. The van der Waals surface area contributed by atoms with Crippen molar-refractivity contribution in [2.45, 2.75) is 26.8 Å². The summed E-state index contributed by atoms with van der Waals surface area (Å²) in [5, 5.41) is 0.419. The lowest BCUT2D eigenvalue weighted by molar-refractivity contribution is 0.0526. The molecule has 4 aromatic rings. The van der Waals surface area contributed by atoms with E-state index in [0.29, 0.717) is 53.7 Å². The van der Waals surface area contributed by atoms with Gasteiger partial charge in [0.25, 0.3) is 0 Å². The molecule has 1 aliphatic rings. The van der Waals surface area contributed by atoms with E-state index in [1.54, 1.807) is 57.4 Å². The van der Waals surface area contributed by atoms with Crippen LogP contribution in [0.2, 0.25) is 0 Å². The van der Waals surface area contributed by atoms with Gasteiger partial charge in [-0.1, -0.05) is 18.2 Å². The van der Waals surface area contributed by atoms with Gasteiger partial charge >= 0.3 is 5.97 Å². The van der Waals surface area contributed by atoms with E-state index in [1.165, 1.54) is 0 Å². The molecule has 1 aliphatic heterocycles. The lowest BCUT2D eigenvalue weighted by atomic mass is 10.1. The number of esters is 1. The zero-order chi connectivity index (χ0) is 26.6. The quantitative estimate of drug-likeness (QED) is 0.285. The van der Waals surface area contributed by atoms with E-state index in [2.05, 4.69) is 11.0 Å². The summed E-state index contributed by atoms with van der Waals surface area (Å²) in [6, 6.07) is 17.9. The van der Waals surface area contributed by atoms with Crippen LogP contribution in [0.4, 0.5) is 0 Å². The smallest absolute Gasteiger partial charge is 0.338 e. The average molecular weight is 516 g/mol. The van der Waals surface area contributed by atoms with E-state index in [1.807, 2.05) is 18.2 Å². The molecule has 196 valence electrons. The number of nitrogens with zero attached hydrogens (tertiary/aromatic N) is 1. The third-order valence-corrected chi connectivity index (χ3v) is 6.50. The zero-order valence-corrected chi connectivity index (χ0v) is 21.6. The van der Waals surface area contributed by atoms with Crippen LogP contribution in [0, 0.1) is 6.92 Å². The SMILES string of the molecule is CCOC(=O)c1ccc(Oc2c(C)oc3c4c(ccc3c2=O)OCN(CCc2ccccc2OC)C4)cc1. The maximum atomic E-state index is 13.4. The van der Waals surface area contributed by atoms with E-state index in [0.717, 1.165) is 29.8 Å². The lowest BCUT2D eigenvalue weighted by Crippen LogP contribution is -2.34. The second-order valence-electron chi connectivity index (χ2n) is 8.97. The summed E-state index contributed by atoms with van der Waals surface area (Å²) in [5.41, 5.74) is 2.59. The summed E-state index contributed by atoms with van der Waals surface area (Å²) in [7, 11) is 1.67. The zero-order valence-electron chi connectivity index (χ0n) is 21.6. The van der Waals surface area contributed by atoms with Crippen LogP contribution in [0.5, 0.6) is 23.0 Å². The molecule has 3 aromatic carbocycles. The standard InChI is InChI=1S/C30H29NO7/c1-4-35-30(33)21-9-11-22(12-10-21)38-28-19(2)37-29-23(27(28)32)13-14-26-24(29)17-31(18-36-26)16-15-20-7-5-6-8-25(20)34-3/h5-14H,4,15-18H2,1-3H3. The number of para-hydroxylation sites is 1. The molecule has 0 radical (unpaired) electrons. The Labute approximate surface area is 220 Å². The van der Waals surface area contributed by atoms with Gasteiger partial charge in [-0.3, -0.25) is 9.69 Å². The number of hydrogen-bond donors (Lipinski definition) is 0. The highest BCUT2D eigenvalue weighted by Gasteiger charge is 2.24. The summed E-state index contributed by atoms with van der Waals surface area (Å²) in [6.45, 7) is 5.52. The van der Waals surface area contributed by atoms with Crippen molar-refractivity contribution in [3.63, 3.8) is 0 Å². The Hall–Kier alpha value is -4.30. The third-order valence-electron chi connectivity index (χ3n) is 6.50. The number of methoxy groups -OCH3 is 1. The first-order chi connectivity index (χ1) is 18.5. The molecule has 0 saturated heterocycles. The number of hydrogen-bond acceptors (Lipinski definition) is 8. The Morgan fingerprint density at radius 2 is 1.84 bits per heavy atom. The minimum absolute atomic E-state index is 0.103. The first-order valence-corrected chi connectivity index (χ1v) is 12.5. The van der Waals surface area contributed by atoms with E-state index in [4.69, 9.17) is 23.4 Å². The maximum Gasteiger partial charge on any atom is 0.338 e. The van der Waals surface area contributed by atoms with E-state index < -0.39 is 5.97 Å². The van der Waals surface area contributed by atoms with Gasteiger partial charge in [0.2, 0.25) is 11.2 Å². The fourth-order valence-corrected chi connectivity index (χ4v) is 4.54. The molecule has 0 saturated carbocycles. The number of ether oxygens (including phenoxy) is 4. The summed E-state index contributed by atoms with van der Waals surface area (Å²) in [6.07, 6.45) is 0.795. The van der Waals surface area contributed by atoms with Crippen molar-refractivity contribution in [2.24, 2.45) is 0 Å². The molecule has 0 unspecified atom stereocenters. The van der Waals surface area contributed by atoms with Crippen molar-refractivity contribution in [3.8, 4) is 23.0 Å². The molecule has 0 fully saturated rings. The predicted octanol–water partition coefficient (Wildman–Crippen LogP) is 5.47. The van der Waals surface area contributed by atoms with Crippen molar-refractivity contribution < 1.29 is 28.2 Å². The Bertz CT molecular complexity index is 1520. The maximum absolute atomic E-state index is 13.4. The highest BCUT2D eigenvalue weighted by atomic mass is 16.5. The number of carbonyl (C=O) groups excluding carboxylic acids is 1. The molecule has 5 rings (SSSR count). The molecule has 8 nitrogen and oxygen atoms in total. The molecule has 0 amide bonds. The van der Waals surface area contributed by atoms with Crippen LogP contribution in [0.1, 0.15) is 34.2 Å². The van der Waals surface area contributed by atoms with Crippen LogP contribution in [0.3, 0.4) is 0 Å². The van der Waals surface area contributed by atoms with Gasteiger partial charge in [0, 0.05) is 13.1 Å². The van der Waals surface area contributed by atoms with Gasteiger partial charge in [-0.15, -0.1) is 0 Å². The van der Waals surface area contributed by atoms with Crippen molar-refractivity contribution in [1.82, 2.24) is 4.90 Å². The van der Waals surface area contributed by atoms with Gasteiger partial charge in [0.1, 0.15) is 35.3 Å². The Morgan fingerprint density at radius 3 is 2.61 bits per heavy atom. The fourth-order valence-electron chi connectivity index (χ4n) is 4.54. The van der Waals surface area contributed by atoms with Crippen molar-refractivity contribution in [3.05, 3.63) is 93.3 Å². The third kappa shape index (κ3) is 5.08. The van der Waals surface area contributed by atoms with Crippen LogP contribution in [-0.2, 0) is 17.7 Å². The summed E-state index contributed by atoms with van der Waals surface area (Å²) in [4.78, 5) is 27.5. The average Bonchev–Trinajstić information content (AvgIpc) is 2.94. The van der Waals surface area contributed by atoms with Crippen LogP contribution in [0.25, 0.3) is 11.0 Å². The number of rotatable bonds is 8. The minimum atomic E-state index is -0.413. The number of benzene rings is 3. The van der Waals surface area contributed by atoms with Gasteiger partial charge in [0.15, 0.2) is 0 Å². The second-order valence-corrected chi connectivity index (χ2v) is 8.97. The van der Waals surface area contributed by atoms with Crippen LogP contribution in [-0.4, -0.2) is 37.9 Å². The van der Waals surface area contributed by atoms with Crippen molar-refractivity contribution in [1.29, 1.82) is 0 Å². The van der Waals surface area contributed by atoms with Gasteiger partial charge in [-0.2, -0.15) is 0 Å². The monoisotopic (exact) mass is 515 g/mol. The molecule has 0 atom stereocenters. The van der Waals surface area contributed by atoms with Gasteiger partial charge in [-0.25, -0.2) is 4.79 Å². The molecular formula is C30H29NO7.